The number of aromatic nitrogens is 2. The Kier molecular flexibility index (Phi) is 4.87. The van der Waals surface area contributed by atoms with Gasteiger partial charge in [0.2, 0.25) is 0 Å². The minimum atomic E-state index is 0.469. The highest BCUT2D eigenvalue weighted by atomic mass is 32.2. The van der Waals surface area contributed by atoms with Crippen LogP contribution in [0.5, 0.6) is 5.75 Å². The van der Waals surface area contributed by atoms with Crippen molar-refractivity contribution in [3.8, 4) is 29.0 Å². The fraction of sp³-hybridized carbons (Fsp3) is 0.286. The molecule has 0 aliphatic carbocycles. The Morgan fingerprint density at radius 2 is 2.16 bits per heavy atom. The molecule has 0 N–H and O–H groups in total. The molecular weight excluding hydrogens is 260 g/mol. The molecule has 0 fully saturated rings. The van der Waals surface area contributed by atoms with E-state index in [1.54, 1.807) is 6.92 Å². The third-order valence-electron chi connectivity index (χ3n) is 2.27. The molecule has 98 valence electrons. The van der Waals surface area contributed by atoms with Crippen LogP contribution in [0.15, 0.2) is 33.9 Å². The van der Waals surface area contributed by atoms with E-state index in [0.717, 1.165) is 11.3 Å². The van der Waals surface area contributed by atoms with Gasteiger partial charge in [-0.05, 0) is 26.0 Å². The number of para-hydroxylation sites is 1. The quantitative estimate of drug-likeness (QED) is 0.618. The lowest BCUT2D eigenvalue weighted by molar-refractivity contribution is 0.340. The number of thioether (sulfide) groups is 1. The Balaban J connectivity index is 2.19. The summed E-state index contributed by atoms with van der Waals surface area (Å²) < 4.78 is 11.1. The number of nitrogens with zero attached hydrogens (tertiary/aromatic N) is 2. The van der Waals surface area contributed by atoms with Crippen molar-refractivity contribution in [3.05, 3.63) is 24.3 Å². The molecular formula is C14H14N2O2S. The molecule has 0 aliphatic heterocycles. The van der Waals surface area contributed by atoms with Gasteiger partial charge in [-0.25, -0.2) is 0 Å². The van der Waals surface area contributed by atoms with Crippen molar-refractivity contribution >= 4 is 11.8 Å². The van der Waals surface area contributed by atoms with Crippen LogP contribution in [0.25, 0.3) is 11.5 Å². The van der Waals surface area contributed by atoms with E-state index in [-0.39, 0.29) is 0 Å². The second kappa shape index (κ2) is 6.86. The van der Waals surface area contributed by atoms with Gasteiger partial charge in [-0.3, -0.25) is 0 Å². The largest absolute Gasteiger partial charge is 0.493 e. The van der Waals surface area contributed by atoms with Crippen molar-refractivity contribution < 1.29 is 9.15 Å². The first kappa shape index (κ1) is 13.5. The SMILES string of the molecule is CC#CCSc1nnc(-c2ccccc2OCC)o1. The van der Waals surface area contributed by atoms with E-state index in [1.807, 2.05) is 31.2 Å². The first-order chi connectivity index (χ1) is 9.35. The Morgan fingerprint density at radius 1 is 1.32 bits per heavy atom. The van der Waals surface area contributed by atoms with Crippen LogP contribution in [0.1, 0.15) is 13.8 Å². The zero-order chi connectivity index (χ0) is 13.5. The van der Waals surface area contributed by atoms with Crippen LogP contribution in [0, 0.1) is 11.8 Å². The summed E-state index contributed by atoms with van der Waals surface area (Å²) in [4.78, 5) is 0. The molecule has 0 unspecified atom stereocenters. The smallest absolute Gasteiger partial charge is 0.277 e. The van der Waals surface area contributed by atoms with Gasteiger partial charge in [0.05, 0.1) is 17.9 Å². The third-order valence-corrected chi connectivity index (χ3v) is 2.97. The molecule has 1 aromatic heterocycles. The van der Waals surface area contributed by atoms with Crippen LogP contribution in [-0.4, -0.2) is 22.6 Å². The van der Waals surface area contributed by atoms with Crippen molar-refractivity contribution in [2.45, 2.75) is 19.1 Å². The summed E-state index contributed by atoms with van der Waals surface area (Å²) in [6, 6.07) is 7.62. The van der Waals surface area contributed by atoms with Gasteiger partial charge in [-0.2, -0.15) is 0 Å². The molecule has 19 heavy (non-hydrogen) atoms. The van der Waals surface area contributed by atoms with Crippen molar-refractivity contribution in [2.75, 3.05) is 12.4 Å². The number of benzene rings is 1. The van der Waals surface area contributed by atoms with E-state index in [1.165, 1.54) is 11.8 Å². The van der Waals surface area contributed by atoms with Gasteiger partial charge in [0.25, 0.3) is 11.1 Å². The van der Waals surface area contributed by atoms with Gasteiger partial charge in [0.15, 0.2) is 0 Å². The maximum Gasteiger partial charge on any atom is 0.277 e. The summed E-state index contributed by atoms with van der Waals surface area (Å²) in [7, 11) is 0. The third kappa shape index (κ3) is 3.52. The molecule has 1 heterocycles. The normalized spacial score (nSPS) is 9.79. The van der Waals surface area contributed by atoms with E-state index in [4.69, 9.17) is 9.15 Å². The van der Waals surface area contributed by atoms with Crippen molar-refractivity contribution in [2.24, 2.45) is 0 Å². The molecule has 0 atom stereocenters. The van der Waals surface area contributed by atoms with Crippen LogP contribution in [0.2, 0.25) is 0 Å². The Hall–Kier alpha value is -1.93. The van der Waals surface area contributed by atoms with E-state index in [9.17, 15) is 0 Å². The molecule has 2 rings (SSSR count). The minimum absolute atomic E-state index is 0.469. The van der Waals surface area contributed by atoms with Gasteiger partial charge in [-0.15, -0.1) is 16.1 Å². The molecule has 5 heteroatoms. The van der Waals surface area contributed by atoms with E-state index >= 15 is 0 Å². The predicted octanol–water partition coefficient (Wildman–Crippen LogP) is 3.25. The van der Waals surface area contributed by atoms with Gasteiger partial charge >= 0.3 is 0 Å². The summed E-state index contributed by atoms with van der Waals surface area (Å²) in [6.45, 7) is 4.34. The van der Waals surface area contributed by atoms with Crippen LogP contribution < -0.4 is 4.74 Å². The van der Waals surface area contributed by atoms with Gasteiger partial charge < -0.3 is 9.15 Å². The highest BCUT2D eigenvalue weighted by Crippen LogP contribution is 2.30. The minimum Gasteiger partial charge on any atom is -0.493 e. The number of rotatable bonds is 5. The van der Waals surface area contributed by atoms with Crippen molar-refractivity contribution in [1.82, 2.24) is 10.2 Å². The Labute approximate surface area is 116 Å². The zero-order valence-corrected chi connectivity index (χ0v) is 11.7. The monoisotopic (exact) mass is 274 g/mol. The Bertz CT molecular complexity index is 599. The molecule has 0 radical (unpaired) electrons. The standard InChI is InChI=1S/C14H14N2O2S/c1-3-5-10-19-14-16-15-13(18-14)11-8-6-7-9-12(11)17-4-2/h6-9H,4,10H2,1-2H3. The summed E-state index contributed by atoms with van der Waals surface area (Å²) in [5.41, 5.74) is 0.810. The lowest BCUT2D eigenvalue weighted by Gasteiger charge is -2.05. The molecule has 0 spiro atoms. The highest BCUT2D eigenvalue weighted by molar-refractivity contribution is 7.99. The summed E-state index contributed by atoms with van der Waals surface area (Å²) in [6.07, 6.45) is 0. The summed E-state index contributed by atoms with van der Waals surface area (Å²) >= 11 is 1.43. The number of ether oxygens (including phenoxy) is 1. The fourth-order valence-corrected chi connectivity index (χ4v) is 2.05. The number of hydrogen-bond donors (Lipinski definition) is 0. The molecule has 0 amide bonds. The van der Waals surface area contributed by atoms with Crippen LogP contribution >= 0.6 is 11.8 Å². The maximum atomic E-state index is 5.60. The fourth-order valence-electron chi connectivity index (χ4n) is 1.47. The molecule has 0 saturated heterocycles. The van der Waals surface area contributed by atoms with Gasteiger partial charge in [0.1, 0.15) is 5.75 Å². The summed E-state index contributed by atoms with van der Waals surface area (Å²) in [5, 5.41) is 8.55. The Morgan fingerprint density at radius 3 is 2.95 bits per heavy atom. The predicted molar refractivity (Wildman–Crippen MR) is 75.1 cm³/mol. The average molecular weight is 274 g/mol. The average Bonchev–Trinajstić information content (AvgIpc) is 2.89. The number of hydrogen-bond acceptors (Lipinski definition) is 5. The van der Waals surface area contributed by atoms with E-state index in [2.05, 4.69) is 22.0 Å². The van der Waals surface area contributed by atoms with E-state index < -0.39 is 0 Å². The lowest BCUT2D eigenvalue weighted by atomic mass is 10.2. The first-order valence-electron chi connectivity index (χ1n) is 5.93. The van der Waals surface area contributed by atoms with Gasteiger partial charge in [0, 0.05) is 0 Å². The highest BCUT2D eigenvalue weighted by Gasteiger charge is 2.13. The van der Waals surface area contributed by atoms with Gasteiger partial charge in [-0.1, -0.05) is 29.8 Å². The molecule has 0 saturated carbocycles. The summed E-state index contributed by atoms with van der Waals surface area (Å²) in [5.74, 6) is 7.62. The topological polar surface area (TPSA) is 48.2 Å². The lowest BCUT2D eigenvalue weighted by Crippen LogP contribution is -1.93. The molecule has 0 bridgehead atoms. The van der Waals surface area contributed by atoms with Crippen LogP contribution in [0.3, 0.4) is 0 Å². The van der Waals surface area contributed by atoms with Crippen molar-refractivity contribution in [1.29, 1.82) is 0 Å². The second-order valence-electron chi connectivity index (χ2n) is 3.52. The second-order valence-corrected chi connectivity index (χ2v) is 4.44. The van der Waals surface area contributed by atoms with Crippen molar-refractivity contribution in [3.63, 3.8) is 0 Å². The first-order valence-corrected chi connectivity index (χ1v) is 6.91. The maximum absolute atomic E-state index is 5.60. The van der Waals surface area contributed by atoms with Crippen LogP contribution in [-0.2, 0) is 0 Å². The molecule has 0 aliphatic rings. The molecule has 4 nitrogen and oxygen atoms in total. The van der Waals surface area contributed by atoms with E-state index in [0.29, 0.717) is 23.5 Å². The van der Waals surface area contributed by atoms with Crippen LogP contribution in [0.4, 0.5) is 0 Å². The zero-order valence-electron chi connectivity index (χ0n) is 10.8. The molecule has 2 aromatic rings. The molecule has 1 aromatic carbocycles.